The van der Waals surface area contributed by atoms with E-state index in [2.05, 4.69) is 5.32 Å². The summed E-state index contributed by atoms with van der Waals surface area (Å²) in [5.74, 6) is -0.346. The van der Waals surface area contributed by atoms with Crippen LogP contribution in [0.5, 0.6) is 0 Å². The maximum atomic E-state index is 13.0. The van der Waals surface area contributed by atoms with Gasteiger partial charge in [0.25, 0.3) is 0 Å². The van der Waals surface area contributed by atoms with E-state index in [0.29, 0.717) is 35.5 Å². The second kappa shape index (κ2) is 10.6. The fourth-order valence-electron chi connectivity index (χ4n) is 3.04. The van der Waals surface area contributed by atoms with E-state index in [1.165, 1.54) is 11.8 Å². The van der Waals surface area contributed by atoms with Crippen molar-refractivity contribution in [2.24, 2.45) is 4.99 Å². The molecule has 0 aromatic heterocycles. The molecule has 1 unspecified atom stereocenters. The summed E-state index contributed by atoms with van der Waals surface area (Å²) >= 11 is 7.30. The molecule has 1 atom stereocenters. The lowest BCUT2D eigenvalue weighted by atomic mass is 10.2. The molecule has 158 valence electrons. The van der Waals surface area contributed by atoms with E-state index in [1.54, 1.807) is 36.3 Å². The third kappa shape index (κ3) is 5.84. The predicted molar refractivity (Wildman–Crippen MR) is 123 cm³/mol. The average Bonchev–Trinajstić information content (AvgIpc) is 2.98. The Balaban J connectivity index is 1.74. The number of para-hydroxylation sites is 1. The first-order valence-corrected chi connectivity index (χ1v) is 10.9. The van der Waals surface area contributed by atoms with Crippen LogP contribution in [0.25, 0.3) is 0 Å². The number of anilines is 1. The van der Waals surface area contributed by atoms with Gasteiger partial charge in [0.1, 0.15) is 5.25 Å². The monoisotopic (exact) mass is 445 g/mol. The van der Waals surface area contributed by atoms with Crippen molar-refractivity contribution in [2.75, 3.05) is 25.6 Å². The predicted octanol–water partition coefficient (Wildman–Crippen LogP) is 4.65. The van der Waals surface area contributed by atoms with Crippen LogP contribution in [0.1, 0.15) is 18.4 Å². The van der Waals surface area contributed by atoms with Crippen LogP contribution < -0.4 is 5.32 Å². The number of nitrogens with one attached hydrogen (secondary N) is 1. The topological polar surface area (TPSA) is 71.0 Å². The van der Waals surface area contributed by atoms with E-state index in [9.17, 15) is 9.59 Å². The number of hydrogen-bond donors (Lipinski definition) is 1. The SMILES string of the molecule is COCCCN1C(=O)C(CC(=O)Nc2cccc(Cl)c2)SC1=Nc1ccccc1C. The van der Waals surface area contributed by atoms with E-state index in [0.717, 1.165) is 11.3 Å². The Morgan fingerprint density at radius 3 is 2.80 bits per heavy atom. The van der Waals surface area contributed by atoms with Gasteiger partial charge >= 0.3 is 0 Å². The fourth-order valence-corrected chi connectivity index (χ4v) is 4.40. The Bertz CT molecular complexity index is 951. The van der Waals surface area contributed by atoms with Crippen LogP contribution in [-0.4, -0.2) is 47.4 Å². The summed E-state index contributed by atoms with van der Waals surface area (Å²) in [4.78, 5) is 31.9. The molecule has 6 nitrogen and oxygen atoms in total. The number of ether oxygens (including phenoxy) is 1. The van der Waals surface area contributed by atoms with Gasteiger partial charge in [-0.05, 0) is 43.2 Å². The summed E-state index contributed by atoms with van der Waals surface area (Å²) in [7, 11) is 1.63. The standard InChI is InChI=1S/C22H24ClN3O3S/c1-15-7-3-4-10-18(15)25-22-26(11-6-12-29-2)21(28)19(30-22)14-20(27)24-17-9-5-8-16(23)13-17/h3-5,7-10,13,19H,6,11-12,14H2,1-2H3,(H,24,27). The van der Waals surface area contributed by atoms with Gasteiger partial charge in [-0.2, -0.15) is 0 Å². The second-order valence-corrected chi connectivity index (χ2v) is 8.49. The number of rotatable bonds is 8. The highest BCUT2D eigenvalue weighted by atomic mass is 35.5. The summed E-state index contributed by atoms with van der Waals surface area (Å²) in [6, 6.07) is 14.7. The number of carbonyl (C=O) groups is 2. The largest absolute Gasteiger partial charge is 0.385 e. The number of benzene rings is 2. The zero-order valence-electron chi connectivity index (χ0n) is 16.9. The second-order valence-electron chi connectivity index (χ2n) is 6.89. The number of amidine groups is 1. The number of thioether (sulfide) groups is 1. The van der Waals surface area contributed by atoms with E-state index in [1.807, 2.05) is 31.2 Å². The van der Waals surface area contributed by atoms with Crippen molar-refractivity contribution in [3.63, 3.8) is 0 Å². The number of methoxy groups -OCH3 is 1. The molecule has 0 aliphatic carbocycles. The lowest BCUT2D eigenvalue weighted by Gasteiger charge is -2.16. The first-order chi connectivity index (χ1) is 14.5. The van der Waals surface area contributed by atoms with Gasteiger partial charge in [0.15, 0.2) is 5.17 Å². The third-order valence-corrected chi connectivity index (χ3v) is 5.97. The van der Waals surface area contributed by atoms with Crippen molar-refractivity contribution < 1.29 is 14.3 Å². The molecule has 0 saturated carbocycles. The van der Waals surface area contributed by atoms with Crippen LogP contribution >= 0.6 is 23.4 Å². The number of halogens is 1. The van der Waals surface area contributed by atoms with Crippen LogP contribution in [-0.2, 0) is 14.3 Å². The number of hydrogen-bond acceptors (Lipinski definition) is 5. The number of aliphatic imine (C=N–C) groups is 1. The number of nitrogens with zero attached hydrogens (tertiary/aromatic N) is 2. The molecule has 1 aliphatic rings. The summed E-state index contributed by atoms with van der Waals surface area (Å²) < 4.78 is 5.12. The van der Waals surface area contributed by atoms with Gasteiger partial charge < -0.3 is 10.1 Å². The maximum Gasteiger partial charge on any atom is 0.242 e. The van der Waals surface area contributed by atoms with Crippen molar-refractivity contribution >= 4 is 51.7 Å². The minimum atomic E-state index is -0.519. The Kier molecular flexibility index (Phi) is 7.90. The number of carbonyl (C=O) groups excluding carboxylic acids is 2. The first kappa shape index (κ1) is 22.3. The molecule has 3 rings (SSSR count). The van der Waals surface area contributed by atoms with Gasteiger partial charge in [-0.15, -0.1) is 0 Å². The number of aryl methyl sites for hydroxylation is 1. The Hall–Kier alpha value is -2.35. The van der Waals surface area contributed by atoms with Gasteiger partial charge in [-0.25, -0.2) is 4.99 Å². The van der Waals surface area contributed by atoms with Gasteiger partial charge in [0, 0.05) is 37.4 Å². The molecule has 8 heteroatoms. The van der Waals surface area contributed by atoms with E-state index < -0.39 is 5.25 Å². The fraction of sp³-hybridized carbons (Fsp3) is 0.318. The lowest BCUT2D eigenvalue weighted by molar-refractivity contribution is -0.128. The van der Waals surface area contributed by atoms with Gasteiger partial charge in [0.2, 0.25) is 11.8 Å². The normalized spacial score (nSPS) is 17.6. The Morgan fingerprint density at radius 2 is 2.07 bits per heavy atom. The number of amides is 2. The third-order valence-electron chi connectivity index (χ3n) is 4.56. The molecule has 1 fully saturated rings. The van der Waals surface area contributed by atoms with Crippen molar-refractivity contribution in [3.05, 3.63) is 59.1 Å². The summed E-state index contributed by atoms with van der Waals surface area (Å²) in [5.41, 5.74) is 2.44. The van der Waals surface area contributed by atoms with Crippen LogP contribution in [0.2, 0.25) is 5.02 Å². The van der Waals surface area contributed by atoms with Crippen LogP contribution in [0.4, 0.5) is 11.4 Å². The molecular formula is C22H24ClN3O3S. The highest BCUT2D eigenvalue weighted by Gasteiger charge is 2.39. The summed E-state index contributed by atoms with van der Waals surface area (Å²) in [6.07, 6.45) is 0.751. The molecule has 30 heavy (non-hydrogen) atoms. The van der Waals surface area contributed by atoms with E-state index >= 15 is 0 Å². The van der Waals surface area contributed by atoms with Gasteiger partial charge in [0.05, 0.1) is 5.69 Å². The molecule has 1 N–H and O–H groups in total. The van der Waals surface area contributed by atoms with Crippen LogP contribution in [0.3, 0.4) is 0 Å². The first-order valence-electron chi connectivity index (χ1n) is 9.64. The molecular weight excluding hydrogens is 422 g/mol. The molecule has 0 radical (unpaired) electrons. The quantitative estimate of drug-likeness (QED) is 0.600. The zero-order chi connectivity index (χ0) is 21.5. The highest BCUT2D eigenvalue weighted by Crippen LogP contribution is 2.32. The molecule has 1 saturated heterocycles. The molecule has 1 heterocycles. The van der Waals surface area contributed by atoms with Gasteiger partial charge in [-0.1, -0.05) is 47.6 Å². The minimum absolute atomic E-state index is 0.0591. The van der Waals surface area contributed by atoms with Crippen molar-refractivity contribution in [2.45, 2.75) is 25.0 Å². The molecule has 2 aromatic rings. The zero-order valence-corrected chi connectivity index (χ0v) is 18.5. The molecule has 0 spiro atoms. The summed E-state index contributed by atoms with van der Waals surface area (Å²) in [6.45, 7) is 3.02. The van der Waals surface area contributed by atoms with Crippen LogP contribution in [0, 0.1) is 6.92 Å². The van der Waals surface area contributed by atoms with Crippen molar-refractivity contribution in [3.8, 4) is 0 Å². The van der Waals surface area contributed by atoms with Crippen molar-refractivity contribution in [1.82, 2.24) is 4.90 Å². The molecule has 1 aliphatic heterocycles. The van der Waals surface area contributed by atoms with E-state index in [-0.39, 0.29) is 18.2 Å². The molecule has 2 amide bonds. The maximum absolute atomic E-state index is 13.0. The smallest absolute Gasteiger partial charge is 0.242 e. The van der Waals surface area contributed by atoms with Gasteiger partial charge in [-0.3, -0.25) is 14.5 Å². The summed E-state index contributed by atoms with van der Waals surface area (Å²) in [5, 5.41) is 3.44. The lowest BCUT2D eigenvalue weighted by Crippen LogP contribution is -2.34. The molecule has 0 bridgehead atoms. The Morgan fingerprint density at radius 1 is 1.27 bits per heavy atom. The minimum Gasteiger partial charge on any atom is -0.385 e. The van der Waals surface area contributed by atoms with E-state index in [4.69, 9.17) is 21.3 Å². The molecule has 2 aromatic carbocycles. The van der Waals surface area contributed by atoms with Crippen LogP contribution in [0.15, 0.2) is 53.5 Å². The Labute approximate surface area is 185 Å². The highest BCUT2D eigenvalue weighted by molar-refractivity contribution is 8.15. The van der Waals surface area contributed by atoms with Crippen molar-refractivity contribution in [1.29, 1.82) is 0 Å². The average molecular weight is 446 g/mol.